The van der Waals surface area contributed by atoms with Crippen molar-refractivity contribution in [3.05, 3.63) is 34.9 Å². The molecule has 2 bridgehead atoms. The summed E-state index contributed by atoms with van der Waals surface area (Å²) in [6.45, 7) is 1.47. The molecule has 5 nitrogen and oxygen atoms in total. The number of amides is 2. The minimum absolute atomic E-state index is 0. The van der Waals surface area contributed by atoms with Crippen LogP contribution in [0.1, 0.15) is 50.6 Å². The maximum atomic E-state index is 12.8. The molecule has 7 heteroatoms. The summed E-state index contributed by atoms with van der Waals surface area (Å²) in [5.74, 6) is -0.0738. The number of carbonyl (C=O) groups is 2. The Kier molecular flexibility index (Phi) is 7.33. The maximum absolute atomic E-state index is 12.8. The van der Waals surface area contributed by atoms with Gasteiger partial charge in [-0.3, -0.25) is 9.59 Å². The zero-order valence-corrected chi connectivity index (χ0v) is 16.8. The lowest BCUT2D eigenvalue weighted by Gasteiger charge is -2.36. The van der Waals surface area contributed by atoms with Crippen LogP contribution in [0.3, 0.4) is 0 Å². The highest BCUT2D eigenvalue weighted by molar-refractivity contribution is 6.30. The average molecular weight is 400 g/mol. The summed E-state index contributed by atoms with van der Waals surface area (Å²) in [6.07, 6.45) is 4.72. The Morgan fingerprint density at radius 2 is 1.81 bits per heavy atom. The molecule has 0 spiro atoms. The molecule has 2 heterocycles. The van der Waals surface area contributed by atoms with Gasteiger partial charge >= 0.3 is 0 Å². The second-order valence-corrected chi connectivity index (χ2v) is 7.71. The van der Waals surface area contributed by atoms with Crippen molar-refractivity contribution in [1.29, 1.82) is 0 Å². The van der Waals surface area contributed by atoms with Gasteiger partial charge in [0.2, 0.25) is 11.8 Å². The fourth-order valence-electron chi connectivity index (χ4n) is 4.06. The Bertz CT molecular complexity index is 626. The van der Waals surface area contributed by atoms with Crippen LogP contribution in [0, 0.1) is 0 Å². The highest BCUT2D eigenvalue weighted by Gasteiger charge is 2.36. The van der Waals surface area contributed by atoms with Crippen LogP contribution >= 0.6 is 24.0 Å². The summed E-state index contributed by atoms with van der Waals surface area (Å²) in [5, 5.41) is 7.13. The van der Waals surface area contributed by atoms with Crippen molar-refractivity contribution >= 4 is 35.8 Å². The van der Waals surface area contributed by atoms with Crippen molar-refractivity contribution in [1.82, 2.24) is 15.5 Å². The van der Waals surface area contributed by atoms with Gasteiger partial charge in [0.25, 0.3) is 0 Å². The number of benzene rings is 1. The van der Waals surface area contributed by atoms with Crippen LogP contribution in [0.2, 0.25) is 5.02 Å². The highest BCUT2D eigenvalue weighted by atomic mass is 35.5. The van der Waals surface area contributed by atoms with Crippen LogP contribution in [-0.2, 0) is 9.59 Å². The summed E-state index contributed by atoms with van der Waals surface area (Å²) in [6, 6.07) is 8.33. The van der Waals surface area contributed by atoms with Gasteiger partial charge in [-0.15, -0.1) is 12.4 Å². The molecule has 0 saturated carbocycles. The first kappa shape index (κ1) is 21.0. The van der Waals surface area contributed by atoms with Crippen molar-refractivity contribution in [2.75, 3.05) is 7.05 Å². The number of rotatable bonds is 5. The largest absolute Gasteiger partial charge is 0.349 e. The van der Waals surface area contributed by atoms with Crippen LogP contribution in [0.15, 0.2) is 24.3 Å². The molecule has 2 aliphatic rings. The summed E-state index contributed by atoms with van der Waals surface area (Å²) in [5.41, 5.74) is 0.895. The molecular weight excluding hydrogens is 373 g/mol. The van der Waals surface area contributed by atoms with E-state index < -0.39 is 0 Å². The maximum Gasteiger partial charge on any atom is 0.224 e. The topological polar surface area (TPSA) is 61.4 Å². The van der Waals surface area contributed by atoms with Crippen molar-refractivity contribution < 1.29 is 9.59 Å². The summed E-state index contributed by atoms with van der Waals surface area (Å²) >= 11 is 5.94. The minimum atomic E-state index is -0.330. The number of piperidine rings is 1. The van der Waals surface area contributed by atoms with Gasteiger partial charge in [-0.2, -0.15) is 0 Å². The lowest BCUT2D eigenvalue weighted by atomic mass is 9.97. The van der Waals surface area contributed by atoms with Crippen LogP contribution < -0.4 is 10.6 Å². The van der Waals surface area contributed by atoms with Gasteiger partial charge in [0.15, 0.2) is 0 Å². The van der Waals surface area contributed by atoms with Crippen LogP contribution in [0.5, 0.6) is 0 Å². The predicted octanol–water partition coefficient (Wildman–Crippen LogP) is 3.07. The second-order valence-electron chi connectivity index (χ2n) is 7.28. The minimum Gasteiger partial charge on any atom is -0.349 e. The summed E-state index contributed by atoms with van der Waals surface area (Å²) in [7, 11) is 1.89. The van der Waals surface area contributed by atoms with E-state index in [0.717, 1.165) is 18.4 Å². The lowest BCUT2D eigenvalue weighted by Crippen LogP contribution is -2.49. The van der Waals surface area contributed by atoms with E-state index in [-0.39, 0.29) is 42.7 Å². The zero-order valence-electron chi connectivity index (χ0n) is 15.2. The lowest BCUT2D eigenvalue weighted by molar-refractivity contribution is -0.133. The van der Waals surface area contributed by atoms with Gasteiger partial charge in [0.1, 0.15) is 0 Å². The normalized spacial score (nSPS) is 25.1. The fourth-order valence-corrected chi connectivity index (χ4v) is 4.18. The van der Waals surface area contributed by atoms with Gasteiger partial charge in [-0.25, -0.2) is 0 Å². The second kappa shape index (κ2) is 9.07. The molecular formula is C19H27Cl2N3O2. The Morgan fingerprint density at radius 1 is 1.23 bits per heavy atom. The number of hydrogen-bond acceptors (Lipinski definition) is 3. The van der Waals surface area contributed by atoms with E-state index in [9.17, 15) is 9.59 Å². The van der Waals surface area contributed by atoms with E-state index >= 15 is 0 Å². The van der Waals surface area contributed by atoms with Crippen LogP contribution in [-0.4, -0.2) is 41.9 Å². The van der Waals surface area contributed by atoms with E-state index in [1.54, 1.807) is 12.1 Å². The summed E-state index contributed by atoms with van der Waals surface area (Å²) in [4.78, 5) is 26.3. The molecule has 2 saturated heterocycles. The first-order valence-corrected chi connectivity index (χ1v) is 9.34. The van der Waals surface area contributed by atoms with Gasteiger partial charge in [0, 0.05) is 37.1 Å². The number of carbonyl (C=O) groups excluding carboxylic acids is 2. The quantitative estimate of drug-likeness (QED) is 0.799. The molecule has 1 aromatic rings. The van der Waals surface area contributed by atoms with Crippen LogP contribution in [0.4, 0.5) is 0 Å². The van der Waals surface area contributed by atoms with Gasteiger partial charge in [-0.1, -0.05) is 23.7 Å². The number of hydrogen-bond donors (Lipinski definition) is 2. The molecule has 1 aromatic carbocycles. The number of nitrogens with zero attached hydrogens (tertiary/aromatic N) is 1. The van der Waals surface area contributed by atoms with E-state index in [4.69, 9.17) is 11.6 Å². The van der Waals surface area contributed by atoms with Gasteiger partial charge < -0.3 is 15.5 Å². The third-order valence-corrected chi connectivity index (χ3v) is 5.67. The average Bonchev–Trinajstić information content (AvgIpc) is 2.91. The third kappa shape index (κ3) is 5.12. The number of fused-ring (bicyclic) bond motifs is 2. The predicted molar refractivity (Wildman–Crippen MR) is 106 cm³/mol. The van der Waals surface area contributed by atoms with E-state index in [1.807, 2.05) is 24.1 Å². The standard InChI is InChI=1S/C19H26ClN3O2.ClH/c1-12(24)21-18(13-3-5-14(20)6-4-13)11-19(25)23(2)17-9-15-7-8-16(10-17)22-15;/h3-6,15-18,22H,7-11H2,1-2H3,(H,21,24);1H. The van der Waals surface area contributed by atoms with Crippen molar-refractivity contribution in [2.24, 2.45) is 0 Å². The molecule has 2 N–H and O–H groups in total. The molecule has 26 heavy (non-hydrogen) atoms. The van der Waals surface area contributed by atoms with E-state index in [0.29, 0.717) is 17.1 Å². The molecule has 0 aliphatic carbocycles. The Labute approximate surface area is 166 Å². The van der Waals surface area contributed by atoms with Crippen molar-refractivity contribution in [3.8, 4) is 0 Å². The monoisotopic (exact) mass is 399 g/mol. The first-order chi connectivity index (χ1) is 11.9. The smallest absolute Gasteiger partial charge is 0.224 e. The first-order valence-electron chi connectivity index (χ1n) is 8.96. The molecule has 0 radical (unpaired) electrons. The molecule has 2 amide bonds. The fraction of sp³-hybridized carbons (Fsp3) is 0.579. The van der Waals surface area contributed by atoms with Crippen molar-refractivity contribution in [2.45, 2.75) is 63.2 Å². The molecule has 2 fully saturated rings. The molecule has 0 aromatic heterocycles. The third-order valence-electron chi connectivity index (χ3n) is 5.42. The summed E-state index contributed by atoms with van der Waals surface area (Å²) < 4.78 is 0. The Morgan fingerprint density at radius 3 is 2.35 bits per heavy atom. The van der Waals surface area contributed by atoms with E-state index in [2.05, 4.69) is 10.6 Å². The van der Waals surface area contributed by atoms with E-state index in [1.165, 1.54) is 19.8 Å². The zero-order chi connectivity index (χ0) is 18.0. The van der Waals surface area contributed by atoms with Gasteiger partial charge in [0.05, 0.1) is 12.5 Å². The highest BCUT2D eigenvalue weighted by Crippen LogP contribution is 2.30. The molecule has 3 atom stereocenters. The molecule has 2 aliphatic heterocycles. The number of nitrogens with one attached hydrogen (secondary N) is 2. The Balaban J connectivity index is 0.00000243. The molecule has 3 rings (SSSR count). The molecule has 3 unspecified atom stereocenters. The van der Waals surface area contributed by atoms with Crippen molar-refractivity contribution in [3.63, 3.8) is 0 Å². The van der Waals surface area contributed by atoms with Gasteiger partial charge in [-0.05, 0) is 43.4 Å². The molecule has 144 valence electrons. The SMILES string of the molecule is CC(=O)NC(CC(=O)N(C)C1CC2CCC(C1)N2)c1ccc(Cl)cc1.Cl. The number of halogens is 2. The van der Waals surface area contributed by atoms with Crippen LogP contribution in [0.25, 0.3) is 0 Å². The Hall–Kier alpha value is -1.30.